The highest BCUT2D eigenvalue weighted by Crippen LogP contribution is 2.18. The number of hydrogen-bond donors (Lipinski definition) is 2. The zero-order valence-electron chi connectivity index (χ0n) is 15.9. The molecule has 1 saturated heterocycles. The number of carbonyl (C=O) groups excluding carboxylic acids is 1. The Morgan fingerprint density at radius 2 is 1.93 bits per heavy atom. The topological polar surface area (TPSA) is 85.8 Å². The smallest absolute Gasteiger partial charge is 0.225 e. The highest BCUT2D eigenvalue weighted by molar-refractivity contribution is 14.0. The van der Waals surface area contributed by atoms with Gasteiger partial charge in [0.15, 0.2) is 5.96 Å². The number of hydrogen-bond acceptors (Lipinski definition) is 5. The summed E-state index contributed by atoms with van der Waals surface area (Å²) >= 11 is 0. The standard InChI is InChI=1S/C18H29N7O.HI/c1-2-19-17(20-8-3-5-16(26)23-15-6-7-15)24-11-13-25(14-12-24)18-21-9-4-10-22-18;/h4,9-10,15H,2-3,5-8,11-14H2,1H3,(H,19,20)(H,23,26);1H. The predicted molar refractivity (Wildman–Crippen MR) is 118 cm³/mol. The molecule has 0 spiro atoms. The number of nitrogens with one attached hydrogen (secondary N) is 2. The highest BCUT2D eigenvalue weighted by Gasteiger charge is 2.23. The van der Waals surface area contributed by atoms with E-state index in [1.54, 1.807) is 12.4 Å². The van der Waals surface area contributed by atoms with Crippen LogP contribution in [0.4, 0.5) is 5.95 Å². The van der Waals surface area contributed by atoms with Crippen molar-refractivity contribution in [3.05, 3.63) is 18.5 Å². The van der Waals surface area contributed by atoms with Crippen LogP contribution in [-0.2, 0) is 4.79 Å². The molecule has 0 aromatic carbocycles. The number of anilines is 1. The maximum absolute atomic E-state index is 11.7. The molecule has 1 amide bonds. The van der Waals surface area contributed by atoms with Gasteiger partial charge in [0.05, 0.1) is 0 Å². The van der Waals surface area contributed by atoms with E-state index in [1.165, 1.54) is 0 Å². The van der Waals surface area contributed by atoms with Crippen molar-refractivity contribution in [2.24, 2.45) is 4.99 Å². The average molecular weight is 487 g/mol. The molecule has 9 heteroatoms. The minimum absolute atomic E-state index is 0. The fourth-order valence-corrected chi connectivity index (χ4v) is 2.95. The molecule has 1 saturated carbocycles. The van der Waals surface area contributed by atoms with Crippen molar-refractivity contribution in [2.75, 3.05) is 44.2 Å². The monoisotopic (exact) mass is 487 g/mol. The molecule has 27 heavy (non-hydrogen) atoms. The van der Waals surface area contributed by atoms with E-state index in [4.69, 9.17) is 4.99 Å². The van der Waals surface area contributed by atoms with Crippen molar-refractivity contribution >= 4 is 41.8 Å². The quantitative estimate of drug-likeness (QED) is 0.261. The Labute approximate surface area is 178 Å². The first-order valence-corrected chi connectivity index (χ1v) is 9.61. The number of aromatic nitrogens is 2. The molecule has 8 nitrogen and oxygen atoms in total. The first-order valence-electron chi connectivity index (χ1n) is 9.61. The summed E-state index contributed by atoms with van der Waals surface area (Å²) in [5.41, 5.74) is 0. The van der Waals surface area contributed by atoms with Gasteiger partial charge in [-0.2, -0.15) is 0 Å². The molecule has 0 bridgehead atoms. The fourth-order valence-electron chi connectivity index (χ4n) is 2.95. The van der Waals surface area contributed by atoms with Gasteiger partial charge in [0.25, 0.3) is 0 Å². The van der Waals surface area contributed by atoms with Gasteiger partial charge in [0, 0.05) is 64.1 Å². The van der Waals surface area contributed by atoms with Crippen molar-refractivity contribution in [2.45, 2.75) is 38.6 Å². The molecule has 1 aromatic heterocycles. The zero-order chi connectivity index (χ0) is 18.2. The van der Waals surface area contributed by atoms with Gasteiger partial charge in [-0.15, -0.1) is 24.0 Å². The van der Waals surface area contributed by atoms with E-state index in [2.05, 4.69) is 37.3 Å². The molecule has 150 valence electrons. The molecule has 3 rings (SSSR count). The Kier molecular flexibility index (Phi) is 9.02. The van der Waals surface area contributed by atoms with Crippen LogP contribution < -0.4 is 15.5 Å². The molecule has 2 heterocycles. The van der Waals surface area contributed by atoms with Crippen LogP contribution >= 0.6 is 24.0 Å². The minimum atomic E-state index is 0. The van der Waals surface area contributed by atoms with Crippen molar-refractivity contribution in [3.8, 4) is 0 Å². The Morgan fingerprint density at radius 1 is 1.22 bits per heavy atom. The summed E-state index contributed by atoms with van der Waals surface area (Å²) < 4.78 is 0. The molecular weight excluding hydrogens is 457 g/mol. The maximum atomic E-state index is 11.7. The number of aliphatic imine (C=N–C) groups is 1. The summed E-state index contributed by atoms with van der Waals surface area (Å²) in [6.07, 6.45) is 7.16. The Hall–Kier alpha value is -1.65. The van der Waals surface area contributed by atoms with Gasteiger partial charge in [-0.05, 0) is 32.3 Å². The summed E-state index contributed by atoms with van der Waals surface area (Å²) in [6.45, 7) is 7.09. The lowest BCUT2D eigenvalue weighted by Gasteiger charge is -2.36. The van der Waals surface area contributed by atoms with Crippen LogP contribution in [0.3, 0.4) is 0 Å². The van der Waals surface area contributed by atoms with Gasteiger partial charge in [0.1, 0.15) is 0 Å². The van der Waals surface area contributed by atoms with Gasteiger partial charge in [-0.1, -0.05) is 0 Å². The van der Waals surface area contributed by atoms with Crippen LogP contribution in [0.5, 0.6) is 0 Å². The van der Waals surface area contributed by atoms with Gasteiger partial charge >= 0.3 is 0 Å². The summed E-state index contributed by atoms with van der Waals surface area (Å²) in [7, 11) is 0. The highest BCUT2D eigenvalue weighted by atomic mass is 127. The summed E-state index contributed by atoms with van der Waals surface area (Å²) in [5, 5.41) is 6.38. The summed E-state index contributed by atoms with van der Waals surface area (Å²) in [4.78, 5) is 29.6. The minimum Gasteiger partial charge on any atom is -0.357 e. The molecular formula is C18H30IN7O. The van der Waals surface area contributed by atoms with Crippen molar-refractivity contribution in [1.82, 2.24) is 25.5 Å². The van der Waals surface area contributed by atoms with Crippen LogP contribution in [0, 0.1) is 0 Å². The van der Waals surface area contributed by atoms with E-state index in [9.17, 15) is 4.79 Å². The number of carbonyl (C=O) groups is 1. The second kappa shape index (κ2) is 11.3. The van der Waals surface area contributed by atoms with Gasteiger partial charge in [0.2, 0.25) is 11.9 Å². The zero-order valence-corrected chi connectivity index (χ0v) is 18.3. The lowest BCUT2D eigenvalue weighted by atomic mass is 10.3. The predicted octanol–water partition coefficient (Wildman–Crippen LogP) is 1.24. The third-order valence-electron chi connectivity index (χ3n) is 4.52. The Bertz CT molecular complexity index is 601. The lowest BCUT2D eigenvalue weighted by Crippen LogP contribution is -2.53. The maximum Gasteiger partial charge on any atom is 0.225 e. The molecule has 0 radical (unpaired) electrons. The van der Waals surface area contributed by atoms with Crippen LogP contribution in [0.15, 0.2) is 23.5 Å². The largest absolute Gasteiger partial charge is 0.357 e. The number of rotatable bonds is 7. The lowest BCUT2D eigenvalue weighted by molar-refractivity contribution is -0.121. The Balaban J connectivity index is 0.00000261. The number of nitrogens with zero attached hydrogens (tertiary/aromatic N) is 5. The molecule has 2 fully saturated rings. The molecule has 1 aromatic rings. The second-order valence-electron chi connectivity index (χ2n) is 6.70. The molecule has 1 aliphatic heterocycles. The SMILES string of the molecule is CCNC(=NCCCC(=O)NC1CC1)N1CCN(c2ncccn2)CC1.I. The Morgan fingerprint density at radius 3 is 2.56 bits per heavy atom. The van der Waals surface area contributed by atoms with Crippen molar-refractivity contribution < 1.29 is 4.79 Å². The number of halogens is 1. The first kappa shape index (κ1) is 21.6. The first-order chi connectivity index (χ1) is 12.8. The van der Waals surface area contributed by atoms with E-state index in [1.807, 2.05) is 6.07 Å². The van der Waals surface area contributed by atoms with E-state index < -0.39 is 0 Å². The van der Waals surface area contributed by atoms with Crippen LogP contribution in [0.1, 0.15) is 32.6 Å². The number of piperazine rings is 1. The van der Waals surface area contributed by atoms with Gasteiger partial charge in [-0.25, -0.2) is 9.97 Å². The van der Waals surface area contributed by atoms with Crippen LogP contribution in [-0.4, -0.2) is 72.0 Å². The van der Waals surface area contributed by atoms with Gasteiger partial charge < -0.3 is 20.4 Å². The number of amides is 1. The van der Waals surface area contributed by atoms with E-state index in [0.29, 0.717) is 19.0 Å². The van der Waals surface area contributed by atoms with Crippen molar-refractivity contribution in [1.29, 1.82) is 0 Å². The van der Waals surface area contributed by atoms with E-state index in [-0.39, 0.29) is 29.9 Å². The summed E-state index contributed by atoms with van der Waals surface area (Å²) in [5.74, 6) is 1.88. The summed E-state index contributed by atoms with van der Waals surface area (Å²) in [6, 6.07) is 2.27. The van der Waals surface area contributed by atoms with Crippen molar-refractivity contribution in [3.63, 3.8) is 0 Å². The molecule has 1 aliphatic carbocycles. The normalized spacial score (nSPS) is 17.3. The third kappa shape index (κ3) is 7.11. The second-order valence-corrected chi connectivity index (χ2v) is 6.70. The fraction of sp³-hybridized carbons (Fsp3) is 0.667. The average Bonchev–Trinajstić information content (AvgIpc) is 3.49. The van der Waals surface area contributed by atoms with Crippen LogP contribution in [0.2, 0.25) is 0 Å². The third-order valence-corrected chi connectivity index (χ3v) is 4.52. The molecule has 2 aliphatic rings. The number of guanidine groups is 1. The van der Waals surface area contributed by atoms with Crippen LogP contribution in [0.25, 0.3) is 0 Å². The van der Waals surface area contributed by atoms with E-state index in [0.717, 1.165) is 63.9 Å². The molecule has 0 atom stereocenters. The van der Waals surface area contributed by atoms with Gasteiger partial charge in [-0.3, -0.25) is 9.79 Å². The molecule has 2 N–H and O–H groups in total. The van der Waals surface area contributed by atoms with E-state index >= 15 is 0 Å². The molecule has 0 unspecified atom stereocenters.